The van der Waals surface area contributed by atoms with E-state index in [4.69, 9.17) is 5.73 Å². The normalized spacial score (nSPS) is 18.1. The van der Waals surface area contributed by atoms with E-state index in [2.05, 4.69) is 14.9 Å². The molecule has 1 aliphatic rings. The van der Waals surface area contributed by atoms with E-state index in [9.17, 15) is 4.79 Å². The molecule has 0 unspecified atom stereocenters. The van der Waals surface area contributed by atoms with Crippen molar-refractivity contribution in [3.8, 4) is 0 Å². The first-order chi connectivity index (χ1) is 9.97. The van der Waals surface area contributed by atoms with E-state index in [1.165, 1.54) is 0 Å². The molecular weight excluding hydrogens is 266 g/mol. The Hall–Kier alpha value is -1.69. The van der Waals surface area contributed by atoms with Crippen LogP contribution in [0, 0.1) is 13.8 Å². The van der Waals surface area contributed by atoms with Crippen LogP contribution in [0.15, 0.2) is 0 Å². The molecule has 1 aromatic rings. The smallest absolute Gasteiger partial charge is 0.291 e. The van der Waals surface area contributed by atoms with E-state index in [0.29, 0.717) is 13.1 Å². The van der Waals surface area contributed by atoms with Crippen LogP contribution in [0.5, 0.6) is 0 Å². The largest absolute Gasteiger partial charge is 0.355 e. The summed E-state index contributed by atoms with van der Waals surface area (Å²) in [5.41, 5.74) is 7.86. The minimum Gasteiger partial charge on any atom is -0.355 e. The molecule has 0 radical (unpaired) electrons. The second-order valence-electron chi connectivity index (χ2n) is 5.55. The number of carbonyl (C=O) groups is 1. The first kappa shape index (κ1) is 15.7. The van der Waals surface area contributed by atoms with Crippen LogP contribution in [0.3, 0.4) is 0 Å². The zero-order chi connectivity index (χ0) is 15.6. The van der Waals surface area contributed by atoms with Crippen LogP contribution in [-0.4, -0.2) is 53.0 Å². The topological polar surface area (TPSA) is 75.4 Å². The van der Waals surface area contributed by atoms with Gasteiger partial charge in [0.05, 0.1) is 0 Å². The predicted molar refractivity (Wildman–Crippen MR) is 83.6 cm³/mol. The molecule has 6 nitrogen and oxygen atoms in total. The minimum absolute atomic E-state index is 0.104. The highest BCUT2D eigenvalue weighted by Crippen LogP contribution is 2.23. The SMILES string of the molecule is CCN(CC)C(=O)c1nc(C)c(C)c(N2CC[C@@H](N)C2)n1. The lowest BCUT2D eigenvalue weighted by atomic mass is 10.2. The van der Waals surface area contributed by atoms with E-state index in [1.807, 2.05) is 27.7 Å². The summed E-state index contributed by atoms with van der Waals surface area (Å²) in [6.07, 6.45) is 0.960. The zero-order valence-corrected chi connectivity index (χ0v) is 13.4. The number of nitrogens with two attached hydrogens (primary N) is 1. The quantitative estimate of drug-likeness (QED) is 0.899. The van der Waals surface area contributed by atoms with Crippen LogP contribution in [0.4, 0.5) is 5.82 Å². The summed E-state index contributed by atoms with van der Waals surface area (Å²) in [4.78, 5) is 25.3. The Kier molecular flexibility index (Phi) is 4.77. The highest BCUT2D eigenvalue weighted by molar-refractivity contribution is 5.91. The first-order valence-electron chi connectivity index (χ1n) is 7.62. The Bertz CT molecular complexity index is 527. The van der Waals surface area contributed by atoms with Crippen molar-refractivity contribution in [2.24, 2.45) is 5.73 Å². The van der Waals surface area contributed by atoms with Crippen LogP contribution in [0.2, 0.25) is 0 Å². The summed E-state index contributed by atoms with van der Waals surface area (Å²) in [6.45, 7) is 10.8. The van der Waals surface area contributed by atoms with Gasteiger partial charge < -0.3 is 15.5 Å². The molecule has 1 atom stereocenters. The average molecular weight is 291 g/mol. The molecule has 2 rings (SSSR count). The number of carbonyl (C=O) groups excluding carboxylic acids is 1. The van der Waals surface area contributed by atoms with Crippen molar-refractivity contribution in [1.29, 1.82) is 0 Å². The monoisotopic (exact) mass is 291 g/mol. The van der Waals surface area contributed by atoms with Gasteiger partial charge in [-0.2, -0.15) is 0 Å². The number of hydrogen-bond donors (Lipinski definition) is 1. The average Bonchev–Trinajstić information content (AvgIpc) is 2.89. The molecule has 1 saturated heterocycles. The van der Waals surface area contributed by atoms with Crippen molar-refractivity contribution in [3.63, 3.8) is 0 Å². The standard InChI is InChI=1S/C15H25N5O/c1-5-19(6-2)15(21)13-17-11(4)10(3)14(18-13)20-8-7-12(16)9-20/h12H,5-9,16H2,1-4H3/t12-/m1/s1. The van der Waals surface area contributed by atoms with E-state index < -0.39 is 0 Å². The molecule has 116 valence electrons. The Morgan fingerprint density at radius 1 is 1.33 bits per heavy atom. The van der Waals surface area contributed by atoms with E-state index >= 15 is 0 Å². The summed E-state index contributed by atoms with van der Waals surface area (Å²) < 4.78 is 0. The summed E-state index contributed by atoms with van der Waals surface area (Å²) in [5.74, 6) is 1.04. The van der Waals surface area contributed by atoms with Crippen LogP contribution in [0.25, 0.3) is 0 Å². The van der Waals surface area contributed by atoms with Crippen molar-refractivity contribution in [1.82, 2.24) is 14.9 Å². The van der Waals surface area contributed by atoms with Crippen LogP contribution < -0.4 is 10.6 Å². The Morgan fingerprint density at radius 2 is 2.00 bits per heavy atom. The molecular formula is C15H25N5O. The fourth-order valence-electron chi connectivity index (χ4n) is 2.65. The van der Waals surface area contributed by atoms with Crippen LogP contribution >= 0.6 is 0 Å². The first-order valence-corrected chi connectivity index (χ1v) is 7.62. The van der Waals surface area contributed by atoms with Crippen molar-refractivity contribution < 1.29 is 4.79 Å². The van der Waals surface area contributed by atoms with Crippen molar-refractivity contribution in [2.45, 2.75) is 40.2 Å². The zero-order valence-electron chi connectivity index (χ0n) is 13.4. The molecule has 21 heavy (non-hydrogen) atoms. The van der Waals surface area contributed by atoms with Gasteiger partial charge in [0.25, 0.3) is 5.91 Å². The van der Waals surface area contributed by atoms with Gasteiger partial charge in [0.15, 0.2) is 0 Å². The molecule has 0 saturated carbocycles. The molecule has 1 aromatic heterocycles. The minimum atomic E-state index is -0.104. The summed E-state index contributed by atoms with van der Waals surface area (Å²) >= 11 is 0. The Labute approximate surface area is 126 Å². The summed E-state index contributed by atoms with van der Waals surface area (Å²) in [5, 5.41) is 0. The lowest BCUT2D eigenvalue weighted by Crippen LogP contribution is -2.33. The molecule has 0 spiro atoms. The molecule has 1 amide bonds. The third kappa shape index (κ3) is 3.15. The van der Waals surface area contributed by atoms with E-state index in [-0.39, 0.29) is 17.8 Å². The molecule has 6 heteroatoms. The van der Waals surface area contributed by atoms with Gasteiger partial charge >= 0.3 is 0 Å². The Balaban J connectivity index is 2.36. The number of aromatic nitrogens is 2. The molecule has 1 aliphatic heterocycles. The second kappa shape index (κ2) is 6.39. The highest BCUT2D eigenvalue weighted by Gasteiger charge is 2.25. The van der Waals surface area contributed by atoms with Crippen molar-refractivity contribution in [2.75, 3.05) is 31.1 Å². The van der Waals surface area contributed by atoms with Gasteiger partial charge in [-0.1, -0.05) is 0 Å². The third-order valence-corrected chi connectivity index (χ3v) is 4.13. The highest BCUT2D eigenvalue weighted by atomic mass is 16.2. The van der Waals surface area contributed by atoms with Gasteiger partial charge in [0, 0.05) is 43.5 Å². The lowest BCUT2D eigenvalue weighted by molar-refractivity contribution is 0.0760. The van der Waals surface area contributed by atoms with Crippen molar-refractivity contribution in [3.05, 3.63) is 17.1 Å². The maximum atomic E-state index is 12.5. The number of rotatable bonds is 4. The number of nitrogens with zero attached hydrogens (tertiary/aromatic N) is 4. The van der Waals surface area contributed by atoms with Gasteiger partial charge in [-0.15, -0.1) is 0 Å². The van der Waals surface area contributed by atoms with E-state index in [0.717, 1.165) is 36.6 Å². The number of amides is 1. The molecule has 2 heterocycles. The van der Waals surface area contributed by atoms with Gasteiger partial charge in [-0.3, -0.25) is 4.79 Å². The van der Waals surface area contributed by atoms with Gasteiger partial charge in [-0.05, 0) is 34.1 Å². The maximum Gasteiger partial charge on any atom is 0.291 e. The second-order valence-corrected chi connectivity index (χ2v) is 5.55. The predicted octanol–water partition coefficient (Wildman–Crippen LogP) is 1.11. The van der Waals surface area contributed by atoms with Crippen LogP contribution in [-0.2, 0) is 0 Å². The fraction of sp³-hybridized carbons (Fsp3) is 0.667. The summed E-state index contributed by atoms with van der Waals surface area (Å²) in [7, 11) is 0. The lowest BCUT2D eigenvalue weighted by Gasteiger charge is -2.22. The van der Waals surface area contributed by atoms with Gasteiger partial charge in [0.1, 0.15) is 5.82 Å². The Morgan fingerprint density at radius 3 is 2.52 bits per heavy atom. The number of anilines is 1. The van der Waals surface area contributed by atoms with Crippen molar-refractivity contribution >= 4 is 11.7 Å². The van der Waals surface area contributed by atoms with E-state index in [1.54, 1.807) is 4.90 Å². The third-order valence-electron chi connectivity index (χ3n) is 4.13. The summed E-state index contributed by atoms with van der Waals surface area (Å²) in [6, 6.07) is 0.182. The fourth-order valence-corrected chi connectivity index (χ4v) is 2.65. The maximum absolute atomic E-state index is 12.5. The van der Waals surface area contributed by atoms with Gasteiger partial charge in [-0.25, -0.2) is 9.97 Å². The van der Waals surface area contributed by atoms with Crippen LogP contribution in [0.1, 0.15) is 42.1 Å². The number of hydrogen-bond acceptors (Lipinski definition) is 5. The molecule has 2 N–H and O–H groups in total. The molecule has 0 aromatic carbocycles. The molecule has 0 bridgehead atoms. The van der Waals surface area contributed by atoms with Gasteiger partial charge in [0.2, 0.25) is 5.82 Å². The molecule has 0 aliphatic carbocycles. The number of aryl methyl sites for hydroxylation is 1. The molecule has 1 fully saturated rings.